The number of aromatic carboxylic acids is 1. The van der Waals surface area contributed by atoms with Crippen LogP contribution in [0.1, 0.15) is 37.4 Å². The number of thiophene rings is 1. The lowest BCUT2D eigenvalue weighted by Gasteiger charge is -2.20. The normalized spacial score (nSPS) is 20.1. The van der Waals surface area contributed by atoms with E-state index in [0.717, 1.165) is 11.3 Å². The molecule has 2 N–H and O–H groups in total. The Morgan fingerprint density at radius 1 is 1.29 bits per heavy atom. The maximum Gasteiger partial charge on any atom is 0.345 e. The molecule has 126 valence electrons. The second kappa shape index (κ2) is 6.88. The molecule has 8 heteroatoms. The minimum Gasteiger partial charge on any atom is -0.477 e. The van der Waals surface area contributed by atoms with Crippen molar-refractivity contribution >= 4 is 34.8 Å². The molecule has 5 nitrogen and oxygen atoms in total. The van der Waals surface area contributed by atoms with E-state index in [2.05, 4.69) is 5.32 Å². The van der Waals surface area contributed by atoms with Crippen LogP contribution in [0.4, 0.5) is 4.39 Å². The van der Waals surface area contributed by atoms with Crippen molar-refractivity contribution in [2.75, 3.05) is 6.61 Å². The topological polar surface area (TPSA) is 75.6 Å². The van der Waals surface area contributed by atoms with Crippen LogP contribution in [0.3, 0.4) is 0 Å². The van der Waals surface area contributed by atoms with Crippen LogP contribution in [0.5, 0.6) is 0 Å². The monoisotopic (exact) mass is 369 g/mol. The third-order valence-electron chi connectivity index (χ3n) is 3.72. The molecule has 2 heterocycles. The minimum absolute atomic E-state index is 0.0251. The molecule has 2 unspecified atom stereocenters. The van der Waals surface area contributed by atoms with Crippen molar-refractivity contribution < 1.29 is 23.8 Å². The van der Waals surface area contributed by atoms with Gasteiger partial charge in [0.25, 0.3) is 5.91 Å². The standard InChI is InChI=1S/C16H13ClFNO4S/c17-9-2-1-8(7-10(9)18)14-11(5-6-23-14)19-15(20)12-3-4-13(24-12)16(21)22/h1-4,7,11,14H,5-6H2,(H,19,20)(H,21,22). The molecule has 0 bridgehead atoms. The van der Waals surface area contributed by atoms with E-state index in [0.29, 0.717) is 23.5 Å². The third kappa shape index (κ3) is 3.43. The maximum absolute atomic E-state index is 13.6. The Morgan fingerprint density at radius 2 is 2.04 bits per heavy atom. The van der Waals surface area contributed by atoms with Crippen molar-refractivity contribution in [3.63, 3.8) is 0 Å². The smallest absolute Gasteiger partial charge is 0.345 e. The fourth-order valence-corrected chi connectivity index (χ4v) is 3.44. The Labute approximate surface area is 146 Å². The van der Waals surface area contributed by atoms with E-state index in [1.165, 1.54) is 24.3 Å². The van der Waals surface area contributed by atoms with E-state index in [9.17, 15) is 14.0 Å². The van der Waals surface area contributed by atoms with Crippen molar-refractivity contribution in [2.45, 2.75) is 18.6 Å². The van der Waals surface area contributed by atoms with Crippen LogP contribution < -0.4 is 5.32 Å². The summed E-state index contributed by atoms with van der Waals surface area (Å²) in [4.78, 5) is 23.6. The lowest BCUT2D eigenvalue weighted by molar-refractivity contribution is 0.0702. The second-order valence-corrected chi connectivity index (χ2v) is 6.79. The summed E-state index contributed by atoms with van der Waals surface area (Å²) >= 11 is 6.59. The summed E-state index contributed by atoms with van der Waals surface area (Å²) in [6.07, 6.45) is 0.109. The summed E-state index contributed by atoms with van der Waals surface area (Å²) in [6, 6.07) is 6.94. The van der Waals surface area contributed by atoms with Gasteiger partial charge in [0.1, 0.15) is 16.8 Å². The highest BCUT2D eigenvalue weighted by atomic mass is 35.5. The first-order valence-electron chi connectivity index (χ1n) is 7.16. The maximum atomic E-state index is 13.6. The van der Waals surface area contributed by atoms with Gasteiger partial charge in [-0.1, -0.05) is 17.7 Å². The highest BCUT2D eigenvalue weighted by Gasteiger charge is 2.32. The molecule has 0 spiro atoms. The van der Waals surface area contributed by atoms with E-state index >= 15 is 0 Å². The van der Waals surface area contributed by atoms with Gasteiger partial charge in [-0.3, -0.25) is 4.79 Å². The van der Waals surface area contributed by atoms with Gasteiger partial charge in [-0.05, 0) is 36.2 Å². The largest absolute Gasteiger partial charge is 0.477 e. The number of hydrogen-bond donors (Lipinski definition) is 2. The number of ether oxygens (including phenoxy) is 1. The zero-order valence-electron chi connectivity index (χ0n) is 12.3. The number of carbonyl (C=O) groups excluding carboxylic acids is 1. The molecule has 1 saturated heterocycles. The van der Waals surface area contributed by atoms with Crippen LogP contribution >= 0.6 is 22.9 Å². The average Bonchev–Trinajstić information content (AvgIpc) is 3.19. The van der Waals surface area contributed by atoms with Gasteiger partial charge in [0.05, 0.1) is 15.9 Å². The first-order valence-corrected chi connectivity index (χ1v) is 8.35. The van der Waals surface area contributed by atoms with Gasteiger partial charge in [0, 0.05) is 6.61 Å². The molecular formula is C16H13ClFNO4S. The zero-order chi connectivity index (χ0) is 17.3. The number of halogens is 2. The molecule has 0 aliphatic carbocycles. The van der Waals surface area contributed by atoms with Crippen molar-refractivity contribution in [1.82, 2.24) is 5.32 Å². The summed E-state index contributed by atoms with van der Waals surface area (Å²) in [6.45, 7) is 0.435. The van der Waals surface area contributed by atoms with E-state index in [-0.39, 0.29) is 21.8 Å². The summed E-state index contributed by atoms with van der Waals surface area (Å²) in [5, 5.41) is 11.8. The highest BCUT2D eigenvalue weighted by Crippen LogP contribution is 2.31. The van der Waals surface area contributed by atoms with Crippen LogP contribution in [0.25, 0.3) is 0 Å². The van der Waals surface area contributed by atoms with Gasteiger partial charge < -0.3 is 15.2 Å². The quantitative estimate of drug-likeness (QED) is 0.864. The summed E-state index contributed by atoms with van der Waals surface area (Å²) in [5.41, 5.74) is 0.595. The van der Waals surface area contributed by atoms with E-state index < -0.39 is 17.9 Å². The van der Waals surface area contributed by atoms with Crippen LogP contribution in [-0.4, -0.2) is 29.6 Å². The molecule has 1 aliphatic heterocycles. The molecule has 2 aromatic rings. The van der Waals surface area contributed by atoms with Crippen LogP contribution in [0.2, 0.25) is 5.02 Å². The fraction of sp³-hybridized carbons (Fsp3) is 0.250. The Hall–Kier alpha value is -1.96. The van der Waals surface area contributed by atoms with Gasteiger partial charge in [-0.25, -0.2) is 9.18 Å². The second-order valence-electron chi connectivity index (χ2n) is 5.30. The van der Waals surface area contributed by atoms with Crippen molar-refractivity contribution in [3.8, 4) is 0 Å². The van der Waals surface area contributed by atoms with Crippen LogP contribution in [-0.2, 0) is 4.74 Å². The average molecular weight is 370 g/mol. The molecule has 1 aromatic heterocycles. The summed E-state index contributed by atoms with van der Waals surface area (Å²) in [7, 11) is 0. The van der Waals surface area contributed by atoms with Gasteiger partial charge in [-0.2, -0.15) is 0 Å². The molecule has 0 saturated carbocycles. The van der Waals surface area contributed by atoms with E-state index in [1.54, 1.807) is 6.07 Å². The predicted octanol–water partition coefficient (Wildman–Crippen LogP) is 3.50. The molecule has 24 heavy (non-hydrogen) atoms. The predicted molar refractivity (Wildman–Crippen MR) is 87.3 cm³/mol. The number of carboxylic acids is 1. The Bertz CT molecular complexity index is 794. The molecule has 3 rings (SSSR count). The van der Waals surface area contributed by atoms with Gasteiger partial charge >= 0.3 is 5.97 Å². The highest BCUT2D eigenvalue weighted by molar-refractivity contribution is 7.15. The number of carboxylic acid groups (broad SMARTS) is 1. The minimum atomic E-state index is -1.07. The molecule has 1 fully saturated rings. The van der Waals surface area contributed by atoms with Gasteiger partial charge in [0.2, 0.25) is 0 Å². The molecule has 0 radical (unpaired) electrons. The Kier molecular flexibility index (Phi) is 4.84. The number of nitrogens with one attached hydrogen (secondary N) is 1. The molecule has 2 atom stereocenters. The molecule has 1 amide bonds. The lowest BCUT2D eigenvalue weighted by Crippen LogP contribution is -2.36. The number of carbonyl (C=O) groups is 2. The Balaban J connectivity index is 1.74. The molecule has 1 aliphatic rings. The van der Waals surface area contributed by atoms with Gasteiger partial charge in [-0.15, -0.1) is 11.3 Å². The van der Waals surface area contributed by atoms with Crippen LogP contribution in [0.15, 0.2) is 30.3 Å². The SMILES string of the molecule is O=C(O)c1ccc(C(=O)NC2CCOC2c2ccc(Cl)c(F)c2)s1. The fourth-order valence-electron chi connectivity index (χ4n) is 2.57. The van der Waals surface area contributed by atoms with Crippen LogP contribution in [0, 0.1) is 5.82 Å². The molecular weight excluding hydrogens is 357 g/mol. The zero-order valence-corrected chi connectivity index (χ0v) is 13.9. The molecule has 1 aromatic carbocycles. The number of rotatable bonds is 4. The van der Waals surface area contributed by atoms with Gasteiger partial charge in [0.15, 0.2) is 0 Å². The lowest BCUT2D eigenvalue weighted by atomic mass is 10.0. The summed E-state index contributed by atoms with van der Waals surface area (Å²) in [5.74, 6) is -1.99. The number of amides is 1. The van der Waals surface area contributed by atoms with Crippen molar-refractivity contribution in [1.29, 1.82) is 0 Å². The number of hydrogen-bond acceptors (Lipinski definition) is 4. The first kappa shape index (κ1) is 16.9. The third-order valence-corrected chi connectivity index (χ3v) is 5.10. The van der Waals surface area contributed by atoms with Crippen molar-refractivity contribution in [3.05, 3.63) is 56.5 Å². The summed E-state index contributed by atoms with van der Waals surface area (Å²) < 4.78 is 19.2. The van der Waals surface area contributed by atoms with E-state index in [1.807, 2.05) is 0 Å². The van der Waals surface area contributed by atoms with E-state index in [4.69, 9.17) is 21.4 Å². The van der Waals surface area contributed by atoms with Crippen molar-refractivity contribution in [2.24, 2.45) is 0 Å². The Morgan fingerprint density at radius 3 is 2.71 bits per heavy atom. The number of benzene rings is 1. The first-order chi connectivity index (χ1) is 11.5.